The van der Waals surface area contributed by atoms with Gasteiger partial charge in [0.2, 0.25) is 0 Å². The average molecular weight is 607 g/mol. The fraction of sp³-hybridized carbons (Fsp3) is 0.143. The van der Waals surface area contributed by atoms with Crippen molar-refractivity contribution in [1.29, 1.82) is 0 Å². The second kappa shape index (κ2) is 13.0. The van der Waals surface area contributed by atoms with Crippen molar-refractivity contribution in [3.8, 4) is 11.4 Å². The lowest BCUT2D eigenvalue weighted by atomic mass is 10.1. The Morgan fingerprint density at radius 1 is 0.886 bits per heavy atom. The Balaban J connectivity index is 1.45. The number of aromatic nitrogens is 1. The van der Waals surface area contributed by atoms with Crippen molar-refractivity contribution in [3.63, 3.8) is 0 Å². The summed E-state index contributed by atoms with van der Waals surface area (Å²) in [4.78, 5) is 13.6. The second-order valence-corrected chi connectivity index (χ2v) is 12.3. The van der Waals surface area contributed by atoms with Crippen molar-refractivity contribution < 1.29 is 17.9 Å². The van der Waals surface area contributed by atoms with Crippen molar-refractivity contribution in [2.24, 2.45) is 5.10 Å². The Labute approximate surface area is 258 Å². The molecule has 5 rings (SSSR count). The van der Waals surface area contributed by atoms with E-state index in [2.05, 4.69) is 34.2 Å². The van der Waals surface area contributed by atoms with Crippen LogP contribution < -0.4 is 14.5 Å². The number of amides is 1. The lowest BCUT2D eigenvalue weighted by molar-refractivity contribution is 0.0955. The summed E-state index contributed by atoms with van der Waals surface area (Å²) in [6.45, 7) is 6.09. The minimum absolute atomic E-state index is 0.0215. The molecule has 0 aliphatic heterocycles. The largest absolute Gasteiger partial charge is 0.497 e. The van der Waals surface area contributed by atoms with Gasteiger partial charge in [-0.25, -0.2) is 13.8 Å². The number of hydrogen-bond acceptors (Lipinski definition) is 5. The maximum absolute atomic E-state index is 14.0. The highest BCUT2D eigenvalue weighted by Crippen LogP contribution is 2.30. The van der Waals surface area contributed by atoms with Crippen LogP contribution in [0.3, 0.4) is 0 Å². The molecule has 0 aliphatic carbocycles. The number of nitrogens with zero attached hydrogens (tertiary/aromatic N) is 3. The molecule has 0 radical (unpaired) electrons. The minimum atomic E-state index is -4.08. The van der Waals surface area contributed by atoms with Crippen molar-refractivity contribution in [2.45, 2.75) is 32.2 Å². The van der Waals surface area contributed by atoms with Gasteiger partial charge in [-0.05, 0) is 86.5 Å². The molecule has 5 aromatic rings. The van der Waals surface area contributed by atoms with Gasteiger partial charge in [-0.2, -0.15) is 5.10 Å². The number of hydrazone groups is 1. The molecule has 0 fully saturated rings. The van der Waals surface area contributed by atoms with Gasteiger partial charge in [-0.3, -0.25) is 9.10 Å². The molecule has 1 N–H and O–H groups in total. The number of carbonyl (C=O) groups excluding carboxylic acids is 1. The molecule has 0 spiro atoms. The van der Waals surface area contributed by atoms with E-state index >= 15 is 0 Å². The van der Waals surface area contributed by atoms with Gasteiger partial charge in [0.05, 0.1) is 36.0 Å². The highest BCUT2D eigenvalue weighted by Gasteiger charge is 2.28. The first-order valence-corrected chi connectivity index (χ1v) is 15.5. The van der Waals surface area contributed by atoms with Gasteiger partial charge in [0.1, 0.15) is 5.75 Å². The molecule has 0 saturated heterocycles. The number of benzene rings is 4. The number of hydrogen-bond donors (Lipinski definition) is 1. The van der Waals surface area contributed by atoms with Gasteiger partial charge in [0, 0.05) is 22.6 Å². The van der Waals surface area contributed by atoms with Gasteiger partial charge in [-0.15, -0.1) is 0 Å². The first-order valence-electron chi connectivity index (χ1n) is 14.1. The minimum Gasteiger partial charge on any atom is -0.497 e. The highest BCUT2D eigenvalue weighted by atomic mass is 32.2. The maximum Gasteiger partial charge on any atom is 0.273 e. The van der Waals surface area contributed by atoms with E-state index in [9.17, 15) is 13.2 Å². The Morgan fingerprint density at radius 3 is 2.30 bits per heavy atom. The number of para-hydroxylation sites is 1. The average Bonchev–Trinajstić information content (AvgIpc) is 3.32. The summed E-state index contributed by atoms with van der Waals surface area (Å²) < 4.78 is 36.7. The van der Waals surface area contributed by atoms with Crippen molar-refractivity contribution in [2.75, 3.05) is 11.4 Å². The van der Waals surface area contributed by atoms with E-state index in [1.807, 2.05) is 62.4 Å². The predicted octanol–water partition coefficient (Wildman–Crippen LogP) is 6.57. The lowest BCUT2D eigenvalue weighted by Crippen LogP contribution is -2.33. The van der Waals surface area contributed by atoms with Crippen LogP contribution in [0.4, 0.5) is 5.69 Å². The number of methoxy groups -OCH3 is 1. The molecule has 0 aliphatic rings. The van der Waals surface area contributed by atoms with Crippen LogP contribution in [0.5, 0.6) is 5.75 Å². The summed E-state index contributed by atoms with van der Waals surface area (Å²) >= 11 is 0. The maximum atomic E-state index is 14.0. The number of anilines is 1. The standard InChI is InChI=1S/C35H34N4O4S/c1-25-11-10-14-30(21-25)39-26(2)22-29(27(39)3)23-36-37-35(40)33-15-8-9-16-34(33)38(24-28-12-6-5-7-13-28)44(41,42)32-19-17-31(43-4)18-20-32/h5-23H,24H2,1-4H3,(H,37,40)/b36-23+. The number of carbonyl (C=O) groups is 1. The van der Waals surface area contributed by atoms with E-state index in [1.165, 1.54) is 23.5 Å². The summed E-state index contributed by atoms with van der Waals surface area (Å²) in [7, 11) is -2.56. The third kappa shape index (κ3) is 6.43. The molecule has 1 heterocycles. The quantitative estimate of drug-likeness (QED) is 0.144. The number of nitrogens with one attached hydrogen (secondary N) is 1. The van der Waals surface area contributed by atoms with E-state index < -0.39 is 15.9 Å². The molecule has 4 aromatic carbocycles. The van der Waals surface area contributed by atoms with Gasteiger partial charge in [0.25, 0.3) is 15.9 Å². The van der Waals surface area contributed by atoms with E-state index in [-0.39, 0.29) is 22.7 Å². The Kier molecular flexibility index (Phi) is 8.96. The van der Waals surface area contributed by atoms with Gasteiger partial charge in [-0.1, -0.05) is 54.6 Å². The molecule has 1 aromatic heterocycles. The summed E-state index contributed by atoms with van der Waals surface area (Å²) in [5.41, 5.74) is 8.84. The number of sulfonamides is 1. The van der Waals surface area contributed by atoms with Crippen LogP contribution in [0.25, 0.3) is 5.69 Å². The monoisotopic (exact) mass is 606 g/mol. The van der Waals surface area contributed by atoms with Crippen molar-refractivity contribution in [1.82, 2.24) is 9.99 Å². The second-order valence-electron chi connectivity index (χ2n) is 10.4. The normalized spacial score (nSPS) is 11.5. The zero-order valence-electron chi connectivity index (χ0n) is 25.1. The highest BCUT2D eigenvalue weighted by molar-refractivity contribution is 7.92. The molecule has 0 bridgehead atoms. The topological polar surface area (TPSA) is 93.0 Å². The van der Waals surface area contributed by atoms with Gasteiger partial charge in [0.15, 0.2) is 0 Å². The molecule has 0 atom stereocenters. The third-order valence-corrected chi connectivity index (χ3v) is 9.11. The van der Waals surface area contributed by atoms with E-state index in [1.54, 1.807) is 42.6 Å². The van der Waals surface area contributed by atoms with Crippen LogP contribution in [0, 0.1) is 20.8 Å². The lowest BCUT2D eigenvalue weighted by Gasteiger charge is -2.26. The van der Waals surface area contributed by atoms with Crippen LogP contribution in [-0.4, -0.2) is 32.2 Å². The summed E-state index contributed by atoms with van der Waals surface area (Å²) in [6.07, 6.45) is 1.60. The summed E-state index contributed by atoms with van der Waals surface area (Å²) in [6, 6.07) is 32.3. The molecule has 9 heteroatoms. The molecule has 8 nitrogen and oxygen atoms in total. The first kappa shape index (κ1) is 30.3. The molecule has 0 unspecified atom stereocenters. The van der Waals surface area contributed by atoms with Crippen LogP contribution in [0.15, 0.2) is 119 Å². The zero-order valence-corrected chi connectivity index (χ0v) is 25.9. The third-order valence-electron chi connectivity index (χ3n) is 7.33. The van der Waals surface area contributed by atoms with Crippen LogP contribution in [0.2, 0.25) is 0 Å². The molecule has 0 saturated carbocycles. The number of rotatable bonds is 10. The van der Waals surface area contributed by atoms with E-state index in [4.69, 9.17) is 4.74 Å². The van der Waals surface area contributed by atoms with Gasteiger partial charge >= 0.3 is 0 Å². The predicted molar refractivity (Wildman–Crippen MR) is 174 cm³/mol. The van der Waals surface area contributed by atoms with E-state index in [0.29, 0.717) is 5.75 Å². The smallest absolute Gasteiger partial charge is 0.273 e. The molecule has 224 valence electrons. The molecular weight excluding hydrogens is 572 g/mol. The van der Waals surface area contributed by atoms with Crippen molar-refractivity contribution >= 4 is 27.8 Å². The van der Waals surface area contributed by atoms with Crippen LogP contribution >= 0.6 is 0 Å². The SMILES string of the molecule is COc1ccc(S(=O)(=O)N(Cc2ccccc2)c2ccccc2C(=O)N/N=C/c2cc(C)n(-c3cccc(C)c3)c2C)cc1. The Bertz CT molecular complexity index is 1910. The molecular formula is C35H34N4O4S. The van der Waals surface area contributed by atoms with Gasteiger partial charge < -0.3 is 9.30 Å². The number of ether oxygens (including phenoxy) is 1. The molecule has 1 amide bonds. The van der Waals surface area contributed by atoms with Crippen LogP contribution in [0.1, 0.15) is 38.4 Å². The zero-order chi connectivity index (χ0) is 31.3. The summed E-state index contributed by atoms with van der Waals surface area (Å²) in [5, 5.41) is 4.25. The molecule has 44 heavy (non-hydrogen) atoms. The first-order chi connectivity index (χ1) is 21.2. The van der Waals surface area contributed by atoms with E-state index in [0.717, 1.165) is 33.8 Å². The fourth-order valence-corrected chi connectivity index (χ4v) is 6.58. The van der Waals surface area contributed by atoms with Crippen molar-refractivity contribution in [3.05, 3.63) is 143 Å². The Hall–Kier alpha value is -5.15. The fourth-order valence-electron chi connectivity index (χ4n) is 5.11. The Morgan fingerprint density at radius 2 is 1.59 bits per heavy atom. The number of aryl methyl sites for hydroxylation is 2. The van der Waals surface area contributed by atoms with Crippen LogP contribution in [-0.2, 0) is 16.6 Å². The summed E-state index contributed by atoms with van der Waals surface area (Å²) in [5.74, 6) is 0.00295.